The number of anilines is 1. The molecule has 0 fully saturated rings. The second kappa shape index (κ2) is 6.45. The molecule has 7 heteroatoms. The maximum atomic E-state index is 13.4. The van der Waals surface area contributed by atoms with E-state index in [2.05, 4.69) is 15.8 Å². The van der Waals surface area contributed by atoms with Crippen molar-refractivity contribution in [2.45, 2.75) is 20.4 Å². The van der Waals surface area contributed by atoms with Gasteiger partial charge in [0, 0.05) is 12.1 Å². The third kappa shape index (κ3) is 3.63. The van der Waals surface area contributed by atoms with Crippen molar-refractivity contribution >= 4 is 11.6 Å². The maximum Gasteiger partial charge on any atom is 0.238 e. The van der Waals surface area contributed by atoms with Gasteiger partial charge in [0.05, 0.1) is 12.2 Å². The van der Waals surface area contributed by atoms with Crippen molar-refractivity contribution in [2.75, 3.05) is 11.9 Å². The summed E-state index contributed by atoms with van der Waals surface area (Å²) in [7, 11) is 0. The first-order chi connectivity index (χ1) is 9.99. The lowest BCUT2D eigenvalue weighted by Gasteiger charge is -2.08. The molecule has 2 aromatic rings. The molecule has 0 aliphatic rings. The third-order valence-electron chi connectivity index (χ3n) is 3.00. The molecule has 0 bridgehead atoms. The summed E-state index contributed by atoms with van der Waals surface area (Å²) in [5, 5.41) is 8.86. The van der Waals surface area contributed by atoms with Crippen LogP contribution in [0.4, 0.5) is 14.5 Å². The Morgan fingerprint density at radius 2 is 1.95 bits per heavy atom. The molecule has 1 aromatic carbocycles. The molecule has 2 N–H and O–H groups in total. The normalized spacial score (nSPS) is 10.7. The summed E-state index contributed by atoms with van der Waals surface area (Å²) in [6.45, 7) is 3.86. The van der Waals surface area contributed by atoms with E-state index in [-0.39, 0.29) is 6.54 Å². The van der Waals surface area contributed by atoms with Crippen LogP contribution in [0.1, 0.15) is 17.0 Å². The standard InChI is InChI=1S/C14H15F2N3O2/c1-8-10(9(2)21-19-8)6-17-7-13(20)18-14-11(15)4-3-5-12(14)16/h3-5,17H,6-7H2,1-2H3,(H,18,20). The molecule has 2 rings (SSSR count). The van der Waals surface area contributed by atoms with Crippen LogP contribution >= 0.6 is 0 Å². The zero-order valence-corrected chi connectivity index (χ0v) is 11.7. The van der Waals surface area contributed by atoms with Crippen LogP contribution in [0.15, 0.2) is 22.7 Å². The van der Waals surface area contributed by atoms with E-state index >= 15 is 0 Å². The van der Waals surface area contributed by atoms with E-state index in [1.807, 2.05) is 0 Å². The van der Waals surface area contributed by atoms with Gasteiger partial charge in [0.15, 0.2) is 0 Å². The predicted octanol–water partition coefficient (Wildman–Crippen LogP) is 2.30. The van der Waals surface area contributed by atoms with E-state index in [4.69, 9.17) is 4.52 Å². The van der Waals surface area contributed by atoms with Crippen LogP contribution in [-0.4, -0.2) is 17.6 Å². The van der Waals surface area contributed by atoms with E-state index in [1.165, 1.54) is 6.07 Å². The average molecular weight is 295 g/mol. The minimum atomic E-state index is -0.811. The number of para-hydroxylation sites is 1. The highest BCUT2D eigenvalue weighted by Gasteiger charge is 2.12. The van der Waals surface area contributed by atoms with E-state index in [9.17, 15) is 13.6 Å². The van der Waals surface area contributed by atoms with Crippen LogP contribution in [0.5, 0.6) is 0 Å². The molecule has 1 heterocycles. The summed E-state index contributed by atoms with van der Waals surface area (Å²) in [4.78, 5) is 11.7. The summed E-state index contributed by atoms with van der Waals surface area (Å²) in [6.07, 6.45) is 0. The zero-order valence-electron chi connectivity index (χ0n) is 11.7. The van der Waals surface area contributed by atoms with Gasteiger partial charge in [0.25, 0.3) is 0 Å². The topological polar surface area (TPSA) is 67.2 Å². The Bertz CT molecular complexity index is 616. The van der Waals surface area contributed by atoms with Gasteiger partial charge in [-0.05, 0) is 26.0 Å². The molecule has 0 radical (unpaired) electrons. The quantitative estimate of drug-likeness (QED) is 0.888. The summed E-state index contributed by atoms with van der Waals surface area (Å²) < 4.78 is 31.7. The molecule has 1 aromatic heterocycles. The largest absolute Gasteiger partial charge is 0.361 e. The monoisotopic (exact) mass is 295 g/mol. The second-order valence-corrected chi connectivity index (χ2v) is 4.55. The van der Waals surface area contributed by atoms with Crippen molar-refractivity contribution in [2.24, 2.45) is 0 Å². The summed E-state index contributed by atoms with van der Waals surface area (Å²) in [6, 6.07) is 3.39. The number of carbonyl (C=O) groups is 1. The molecule has 112 valence electrons. The summed E-state index contributed by atoms with van der Waals surface area (Å²) in [5.74, 6) is -1.49. The van der Waals surface area contributed by atoms with Crippen LogP contribution in [-0.2, 0) is 11.3 Å². The lowest BCUT2D eigenvalue weighted by molar-refractivity contribution is -0.115. The van der Waals surface area contributed by atoms with Gasteiger partial charge >= 0.3 is 0 Å². The van der Waals surface area contributed by atoms with Crippen LogP contribution in [0, 0.1) is 25.5 Å². The minimum Gasteiger partial charge on any atom is -0.361 e. The number of nitrogens with zero attached hydrogens (tertiary/aromatic N) is 1. The van der Waals surface area contributed by atoms with Gasteiger partial charge in [-0.15, -0.1) is 0 Å². The van der Waals surface area contributed by atoms with Crippen LogP contribution in [0.3, 0.4) is 0 Å². The number of nitrogens with one attached hydrogen (secondary N) is 2. The Morgan fingerprint density at radius 3 is 2.52 bits per heavy atom. The smallest absolute Gasteiger partial charge is 0.238 e. The predicted molar refractivity (Wildman–Crippen MR) is 72.7 cm³/mol. The third-order valence-corrected chi connectivity index (χ3v) is 3.00. The SMILES string of the molecule is Cc1noc(C)c1CNCC(=O)Nc1c(F)cccc1F. The Hall–Kier alpha value is -2.28. The number of aromatic nitrogens is 1. The first-order valence-electron chi connectivity index (χ1n) is 6.35. The molecule has 21 heavy (non-hydrogen) atoms. The average Bonchev–Trinajstić information content (AvgIpc) is 2.75. The number of aryl methyl sites for hydroxylation is 2. The fourth-order valence-corrected chi connectivity index (χ4v) is 1.86. The van der Waals surface area contributed by atoms with E-state index < -0.39 is 23.2 Å². The van der Waals surface area contributed by atoms with Crippen molar-refractivity contribution in [1.82, 2.24) is 10.5 Å². The maximum absolute atomic E-state index is 13.4. The molecule has 0 saturated carbocycles. The number of carbonyl (C=O) groups excluding carboxylic acids is 1. The van der Waals surface area contributed by atoms with Crippen molar-refractivity contribution in [3.63, 3.8) is 0 Å². The number of halogens is 2. The summed E-state index contributed by atoms with van der Waals surface area (Å²) in [5.41, 5.74) is 1.15. The van der Waals surface area contributed by atoms with Crippen LogP contribution in [0.25, 0.3) is 0 Å². The summed E-state index contributed by atoms with van der Waals surface area (Å²) >= 11 is 0. The van der Waals surface area contributed by atoms with E-state index in [1.54, 1.807) is 13.8 Å². The van der Waals surface area contributed by atoms with Gasteiger partial charge in [-0.2, -0.15) is 0 Å². The number of rotatable bonds is 5. The number of benzene rings is 1. The molecule has 0 aliphatic carbocycles. The first kappa shape index (κ1) is 15.1. The fourth-order valence-electron chi connectivity index (χ4n) is 1.86. The molecule has 0 atom stereocenters. The molecule has 1 amide bonds. The Kier molecular flexibility index (Phi) is 4.64. The number of amides is 1. The van der Waals surface area contributed by atoms with Crippen LogP contribution < -0.4 is 10.6 Å². The Labute approximate surface area is 120 Å². The van der Waals surface area contributed by atoms with Crippen molar-refractivity contribution < 1.29 is 18.1 Å². The lowest BCUT2D eigenvalue weighted by Crippen LogP contribution is -2.28. The van der Waals surface area contributed by atoms with Crippen molar-refractivity contribution in [3.8, 4) is 0 Å². The van der Waals surface area contributed by atoms with Crippen LogP contribution in [0.2, 0.25) is 0 Å². The van der Waals surface area contributed by atoms with Gasteiger partial charge < -0.3 is 15.2 Å². The lowest BCUT2D eigenvalue weighted by atomic mass is 10.2. The second-order valence-electron chi connectivity index (χ2n) is 4.55. The highest BCUT2D eigenvalue weighted by atomic mass is 19.1. The van der Waals surface area contributed by atoms with Gasteiger partial charge in [-0.25, -0.2) is 8.78 Å². The molecular formula is C14H15F2N3O2. The Balaban J connectivity index is 1.88. The highest BCUT2D eigenvalue weighted by molar-refractivity contribution is 5.92. The molecule has 0 aliphatic heterocycles. The van der Waals surface area contributed by atoms with Gasteiger partial charge in [0.1, 0.15) is 23.1 Å². The fraction of sp³-hybridized carbons (Fsp3) is 0.286. The van der Waals surface area contributed by atoms with Crippen molar-refractivity contribution in [3.05, 3.63) is 46.9 Å². The van der Waals surface area contributed by atoms with Gasteiger partial charge in [-0.3, -0.25) is 4.79 Å². The van der Waals surface area contributed by atoms with Crippen molar-refractivity contribution in [1.29, 1.82) is 0 Å². The molecular weight excluding hydrogens is 280 g/mol. The Morgan fingerprint density at radius 1 is 1.29 bits per heavy atom. The van der Waals surface area contributed by atoms with E-state index in [0.717, 1.165) is 23.4 Å². The molecule has 0 unspecified atom stereocenters. The number of hydrogen-bond donors (Lipinski definition) is 2. The zero-order chi connectivity index (χ0) is 15.4. The van der Waals surface area contributed by atoms with Gasteiger partial charge in [0.2, 0.25) is 5.91 Å². The van der Waals surface area contributed by atoms with E-state index in [0.29, 0.717) is 12.3 Å². The first-order valence-corrected chi connectivity index (χ1v) is 6.35. The molecule has 0 spiro atoms. The molecule has 5 nitrogen and oxygen atoms in total. The molecule has 0 saturated heterocycles. The van der Waals surface area contributed by atoms with Gasteiger partial charge in [-0.1, -0.05) is 11.2 Å². The number of hydrogen-bond acceptors (Lipinski definition) is 4. The minimum absolute atomic E-state index is 0.0855. The highest BCUT2D eigenvalue weighted by Crippen LogP contribution is 2.17.